The van der Waals surface area contributed by atoms with Gasteiger partial charge in [-0.15, -0.1) is 0 Å². The van der Waals surface area contributed by atoms with Crippen LogP contribution in [0.1, 0.15) is 12.8 Å². The van der Waals surface area contributed by atoms with E-state index in [9.17, 15) is 18.0 Å². The van der Waals surface area contributed by atoms with Gasteiger partial charge >= 0.3 is 5.97 Å². The maximum absolute atomic E-state index is 13.7. The molecule has 0 aromatic heterocycles. The lowest BCUT2D eigenvalue weighted by atomic mass is 10.0. The topological polar surface area (TPSA) is 121 Å². The molecule has 0 saturated carbocycles. The summed E-state index contributed by atoms with van der Waals surface area (Å²) in [6, 6.07) is 15.8. The fraction of sp³-hybridized carbons (Fsp3) is 0.304. The standard InChI is InChI=1S/C23H25N3O5S/c24-20(23(28)29)9-10-21(27)25-11-13-26(14-12-25)32(30,31)22-18-7-3-1-5-16(18)15-17-6-2-4-8-19(17)22/h1-8,15,20H,9-14,24H2,(H,28,29)/t20-/m0/s1. The average Bonchev–Trinajstić information content (AvgIpc) is 2.80. The van der Waals surface area contributed by atoms with Gasteiger partial charge in [-0.05, 0) is 23.3 Å². The summed E-state index contributed by atoms with van der Waals surface area (Å²) in [6.07, 6.45) is 0.0723. The fourth-order valence-electron chi connectivity index (χ4n) is 4.12. The number of carbonyl (C=O) groups is 2. The molecule has 1 heterocycles. The summed E-state index contributed by atoms with van der Waals surface area (Å²) in [7, 11) is -3.80. The number of hydrogen-bond donors (Lipinski definition) is 2. The number of hydrogen-bond acceptors (Lipinski definition) is 5. The Morgan fingerprint density at radius 1 is 0.938 bits per heavy atom. The number of aliphatic carboxylic acids is 1. The summed E-state index contributed by atoms with van der Waals surface area (Å²) in [6.45, 7) is 0.860. The van der Waals surface area contributed by atoms with Crippen molar-refractivity contribution < 1.29 is 23.1 Å². The van der Waals surface area contributed by atoms with Crippen LogP contribution in [-0.4, -0.2) is 66.8 Å². The summed E-state index contributed by atoms with van der Waals surface area (Å²) in [5.41, 5.74) is 5.47. The third kappa shape index (κ3) is 4.19. The smallest absolute Gasteiger partial charge is 0.320 e. The van der Waals surface area contributed by atoms with Crippen LogP contribution < -0.4 is 5.73 Å². The summed E-state index contributed by atoms with van der Waals surface area (Å²) >= 11 is 0. The van der Waals surface area contributed by atoms with Gasteiger partial charge < -0.3 is 15.7 Å². The molecule has 0 spiro atoms. The predicted molar refractivity (Wildman–Crippen MR) is 122 cm³/mol. The van der Waals surface area contributed by atoms with Gasteiger partial charge in [-0.2, -0.15) is 4.31 Å². The van der Waals surface area contributed by atoms with E-state index in [1.807, 2.05) is 54.6 Å². The Bertz CT molecular complexity index is 1230. The van der Waals surface area contributed by atoms with E-state index < -0.39 is 22.0 Å². The Balaban J connectivity index is 1.57. The van der Waals surface area contributed by atoms with Gasteiger partial charge in [-0.1, -0.05) is 48.5 Å². The van der Waals surface area contributed by atoms with Crippen molar-refractivity contribution in [3.05, 3.63) is 54.6 Å². The molecule has 3 aromatic carbocycles. The summed E-state index contributed by atoms with van der Waals surface area (Å²) in [4.78, 5) is 25.1. The van der Waals surface area contributed by atoms with Gasteiger partial charge in [0, 0.05) is 43.4 Å². The maximum atomic E-state index is 13.7. The number of carbonyl (C=O) groups excluding carboxylic acids is 1. The van der Waals surface area contributed by atoms with E-state index in [4.69, 9.17) is 10.8 Å². The largest absolute Gasteiger partial charge is 0.480 e. The maximum Gasteiger partial charge on any atom is 0.320 e. The third-order valence-electron chi connectivity index (χ3n) is 5.90. The Labute approximate surface area is 186 Å². The number of carboxylic acid groups (broad SMARTS) is 1. The lowest BCUT2D eigenvalue weighted by molar-refractivity contribution is -0.139. The summed E-state index contributed by atoms with van der Waals surface area (Å²) in [5, 5.41) is 11.9. The van der Waals surface area contributed by atoms with Crippen LogP contribution >= 0.6 is 0 Å². The average molecular weight is 456 g/mol. The Morgan fingerprint density at radius 2 is 1.47 bits per heavy atom. The molecular weight excluding hydrogens is 430 g/mol. The van der Waals surface area contributed by atoms with Crippen LogP contribution in [0.15, 0.2) is 59.5 Å². The van der Waals surface area contributed by atoms with Gasteiger partial charge in [0.05, 0.1) is 4.90 Å². The number of piperazine rings is 1. The highest BCUT2D eigenvalue weighted by Gasteiger charge is 2.32. The van der Waals surface area contributed by atoms with Crippen LogP contribution in [0, 0.1) is 0 Å². The monoisotopic (exact) mass is 455 g/mol. The Morgan fingerprint density at radius 3 is 2.00 bits per heavy atom. The van der Waals surface area contributed by atoms with Crippen LogP contribution in [0.3, 0.4) is 0 Å². The van der Waals surface area contributed by atoms with Crippen molar-refractivity contribution in [1.82, 2.24) is 9.21 Å². The molecule has 9 heteroatoms. The summed E-state index contributed by atoms with van der Waals surface area (Å²) in [5.74, 6) is -1.36. The lowest BCUT2D eigenvalue weighted by Gasteiger charge is -2.34. The number of benzene rings is 3. The van der Waals surface area contributed by atoms with Gasteiger partial charge in [0.25, 0.3) is 0 Å². The number of carboxylic acids is 1. The second kappa shape index (κ2) is 8.85. The zero-order valence-corrected chi connectivity index (χ0v) is 18.3. The molecule has 3 N–H and O–H groups in total. The first-order chi connectivity index (χ1) is 15.3. The first-order valence-corrected chi connectivity index (χ1v) is 11.9. The van der Waals surface area contributed by atoms with Crippen LogP contribution in [0.4, 0.5) is 0 Å². The van der Waals surface area contributed by atoms with Crippen LogP contribution in [-0.2, 0) is 19.6 Å². The Hall–Kier alpha value is -3.01. The number of sulfonamides is 1. The fourth-order valence-corrected chi connectivity index (χ4v) is 5.95. The molecule has 1 fully saturated rings. The first kappa shape index (κ1) is 22.2. The zero-order chi connectivity index (χ0) is 22.9. The molecule has 0 bridgehead atoms. The molecule has 1 aliphatic rings. The molecule has 168 valence electrons. The quantitative estimate of drug-likeness (QED) is 0.549. The molecule has 4 rings (SSSR count). The molecule has 1 atom stereocenters. The normalized spacial score (nSPS) is 16.3. The number of amides is 1. The number of nitrogens with zero attached hydrogens (tertiary/aromatic N) is 2. The predicted octanol–water partition coefficient (Wildman–Crippen LogP) is 2.02. The molecule has 1 amide bonds. The molecule has 3 aromatic rings. The molecule has 0 radical (unpaired) electrons. The molecular formula is C23H25N3O5S. The third-order valence-corrected chi connectivity index (χ3v) is 7.90. The van der Waals surface area contributed by atoms with E-state index in [0.717, 1.165) is 10.8 Å². The van der Waals surface area contributed by atoms with Crippen molar-refractivity contribution >= 4 is 43.4 Å². The van der Waals surface area contributed by atoms with E-state index in [2.05, 4.69) is 0 Å². The van der Waals surface area contributed by atoms with E-state index in [1.54, 1.807) is 4.90 Å². The molecule has 0 unspecified atom stereocenters. The van der Waals surface area contributed by atoms with Crippen molar-refractivity contribution in [2.75, 3.05) is 26.2 Å². The van der Waals surface area contributed by atoms with Crippen molar-refractivity contribution in [1.29, 1.82) is 0 Å². The minimum absolute atomic E-state index is 0.0220. The van der Waals surface area contributed by atoms with Crippen LogP contribution in [0.2, 0.25) is 0 Å². The van der Waals surface area contributed by atoms with Gasteiger partial charge in [0.1, 0.15) is 6.04 Å². The van der Waals surface area contributed by atoms with E-state index in [1.165, 1.54) is 4.31 Å². The zero-order valence-electron chi connectivity index (χ0n) is 17.5. The van der Waals surface area contributed by atoms with Crippen molar-refractivity contribution in [3.63, 3.8) is 0 Å². The Kier molecular flexibility index (Phi) is 6.14. The highest BCUT2D eigenvalue weighted by Crippen LogP contribution is 2.34. The van der Waals surface area contributed by atoms with E-state index >= 15 is 0 Å². The minimum Gasteiger partial charge on any atom is -0.480 e. The van der Waals surface area contributed by atoms with Crippen molar-refractivity contribution in [2.24, 2.45) is 5.73 Å². The first-order valence-electron chi connectivity index (χ1n) is 10.5. The minimum atomic E-state index is -3.80. The van der Waals surface area contributed by atoms with Gasteiger partial charge in [0.15, 0.2) is 0 Å². The number of nitrogens with two attached hydrogens (primary N) is 1. The summed E-state index contributed by atoms with van der Waals surface area (Å²) < 4.78 is 28.9. The highest BCUT2D eigenvalue weighted by atomic mass is 32.2. The molecule has 32 heavy (non-hydrogen) atoms. The highest BCUT2D eigenvalue weighted by molar-refractivity contribution is 7.89. The molecule has 1 saturated heterocycles. The number of fused-ring (bicyclic) bond motifs is 2. The van der Waals surface area contributed by atoms with Gasteiger partial charge in [-0.3, -0.25) is 9.59 Å². The van der Waals surface area contributed by atoms with Crippen LogP contribution in [0.25, 0.3) is 21.5 Å². The number of rotatable bonds is 6. The second-order valence-corrected chi connectivity index (χ2v) is 9.79. The van der Waals surface area contributed by atoms with Gasteiger partial charge in [-0.25, -0.2) is 8.42 Å². The van der Waals surface area contributed by atoms with E-state index in [-0.39, 0.29) is 44.9 Å². The SMILES string of the molecule is N[C@@H](CCC(=O)N1CCN(S(=O)(=O)c2c3ccccc3cc3ccccc23)CC1)C(=O)O. The molecule has 0 aliphatic carbocycles. The van der Waals surface area contributed by atoms with E-state index in [0.29, 0.717) is 15.7 Å². The lowest BCUT2D eigenvalue weighted by Crippen LogP contribution is -2.50. The molecule has 8 nitrogen and oxygen atoms in total. The second-order valence-electron chi connectivity index (χ2n) is 7.92. The molecule has 1 aliphatic heterocycles. The van der Waals surface area contributed by atoms with Gasteiger partial charge in [0.2, 0.25) is 15.9 Å². The van der Waals surface area contributed by atoms with Crippen molar-refractivity contribution in [3.8, 4) is 0 Å². The van der Waals surface area contributed by atoms with Crippen molar-refractivity contribution in [2.45, 2.75) is 23.8 Å². The van der Waals surface area contributed by atoms with Crippen LogP contribution in [0.5, 0.6) is 0 Å².